The van der Waals surface area contributed by atoms with E-state index in [4.69, 9.17) is 9.72 Å². The molecule has 1 unspecified atom stereocenters. The highest BCUT2D eigenvalue weighted by Crippen LogP contribution is 2.32. The molecule has 34 heavy (non-hydrogen) atoms. The fraction of sp³-hybridized carbons (Fsp3) is 0.440. The second kappa shape index (κ2) is 10.1. The predicted molar refractivity (Wildman–Crippen MR) is 135 cm³/mol. The first-order chi connectivity index (χ1) is 16.2. The van der Waals surface area contributed by atoms with Gasteiger partial charge in [0.25, 0.3) is 5.91 Å². The summed E-state index contributed by atoms with van der Waals surface area (Å²) in [7, 11) is 1.64. The lowest BCUT2D eigenvalue weighted by Gasteiger charge is -2.28. The van der Waals surface area contributed by atoms with E-state index in [-0.39, 0.29) is 17.5 Å². The lowest BCUT2D eigenvalue weighted by atomic mass is 9.88. The molecule has 0 spiro atoms. The molecule has 9 heteroatoms. The molecule has 0 bridgehead atoms. The number of nitrogens with one attached hydrogen (secondary N) is 2. The lowest BCUT2D eigenvalue weighted by molar-refractivity contribution is 0.0905. The zero-order valence-electron chi connectivity index (χ0n) is 20.4. The Balaban J connectivity index is 1.55. The van der Waals surface area contributed by atoms with Gasteiger partial charge in [-0.3, -0.25) is 14.5 Å². The van der Waals surface area contributed by atoms with Gasteiger partial charge in [0.2, 0.25) is 0 Å². The lowest BCUT2D eigenvalue weighted by Crippen LogP contribution is -2.42. The van der Waals surface area contributed by atoms with Crippen molar-refractivity contribution in [3.05, 3.63) is 58.5 Å². The van der Waals surface area contributed by atoms with Crippen LogP contribution in [0.25, 0.3) is 11.4 Å². The van der Waals surface area contributed by atoms with E-state index in [9.17, 15) is 4.79 Å². The minimum Gasteiger partial charge on any atom is -0.382 e. The molecule has 3 heterocycles. The number of thiazole rings is 1. The van der Waals surface area contributed by atoms with Crippen molar-refractivity contribution in [3.63, 3.8) is 0 Å². The Hall–Kier alpha value is -3.04. The minimum absolute atomic E-state index is 0.195. The van der Waals surface area contributed by atoms with Crippen LogP contribution in [0, 0.1) is 6.92 Å². The Morgan fingerprint density at radius 3 is 2.62 bits per heavy atom. The molecule has 8 nitrogen and oxygen atoms in total. The highest BCUT2D eigenvalue weighted by atomic mass is 32.1. The third-order valence-corrected chi connectivity index (χ3v) is 6.49. The number of carbonyl (C=O) groups excluding carboxylic acids is 1. The second-order valence-electron chi connectivity index (χ2n) is 9.50. The van der Waals surface area contributed by atoms with Gasteiger partial charge < -0.3 is 15.4 Å². The van der Waals surface area contributed by atoms with Gasteiger partial charge in [-0.15, -0.1) is 11.3 Å². The zero-order chi connectivity index (χ0) is 24.3. The Morgan fingerprint density at radius 1 is 1.21 bits per heavy atom. The number of rotatable bonds is 8. The van der Waals surface area contributed by atoms with Crippen LogP contribution in [0.3, 0.4) is 0 Å². The van der Waals surface area contributed by atoms with E-state index in [0.717, 1.165) is 47.2 Å². The van der Waals surface area contributed by atoms with Gasteiger partial charge in [0.05, 0.1) is 23.9 Å². The van der Waals surface area contributed by atoms with Crippen LogP contribution in [0.2, 0.25) is 0 Å². The number of hydrogen-bond donors (Lipinski definition) is 2. The molecule has 0 aromatic carbocycles. The van der Waals surface area contributed by atoms with Crippen LogP contribution in [0.15, 0.2) is 47.1 Å². The van der Waals surface area contributed by atoms with Crippen LogP contribution in [0.1, 0.15) is 56.2 Å². The van der Waals surface area contributed by atoms with Crippen molar-refractivity contribution in [2.75, 3.05) is 19.0 Å². The monoisotopic (exact) mass is 480 g/mol. The van der Waals surface area contributed by atoms with Gasteiger partial charge in [-0.2, -0.15) is 5.10 Å². The van der Waals surface area contributed by atoms with E-state index in [2.05, 4.69) is 20.7 Å². The number of amides is 1. The predicted octanol–water partition coefficient (Wildman–Crippen LogP) is 4.76. The molecule has 0 aliphatic heterocycles. The van der Waals surface area contributed by atoms with Gasteiger partial charge in [-0.1, -0.05) is 6.07 Å². The third-order valence-electron chi connectivity index (χ3n) is 5.73. The summed E-state index contributed by atoms with van der Waals surface area (Å²) in [5.74, 6) is -0.229. The van der Waals surface area contributed by atoms with Gasteiger partial charge in [-0.05, 0) is 70.7 Å². The standard InChI is InChI=1S/C25H32N6O2S/c1-16-8-6-11-18(26-16)21-15-34-24(28-21)29-22(17-9-7-10-17)20(14-33-5)27-23(32)19-12-13-31(30-19)25(2,3)4/h6,8,11-13,15,20H,7,9-10,14H2,1-5H3,(H,27,32)(H,28,29). The summed E-state index contributed by atoms with van der Waals surface area (Å²) in [4.78, 5) is 22.4. The SMILES string of the molecule is COCC(NC(=O)c1ccn(C(C)(C)C)n1)C(Nc1nc(-c2cccc(C)n2)cs1)=C1CCC1. The number of allylic oxidation sites excluding steroid dienone is 1. The molecule has 1 amide bonds. The number of anilines is 1. The fourth-order valence-corrected chi connectivity index (χ4v) is 4.43. The van der Waals surface area contributed by atoms with Crippen molar-refractivity contribution < 1.29 is 9.53 Å². The molecule has 1 aliphatic carbocycles. The molecule has 1 atom stereocenters. The van der Waals surface area contributed by atoms with Crippen LogP contribution in [0.4, 0.5) is 5.13 Å². The summed E-state index contributed by atoms with van der Waals surface area (Å²) in [6.07, 6.45) is 4.96. The first kappa shape index (κ1) is 24.1. The third kappa shape index (κ3) is 5.53. The highest BCUT2D eigenvalue weighted by Gasteiger charge is 2.26. The van der Waals surface area contributed by atoms with E-state index in [0.29, 0.717) is 12.3 Å². The molecule has 180 valence electrons. The summed E-state index contributed by atoms with van der Waals surface area (Å²) in [5, 5.41) is 13.8. The Morgan fingerprint density at radius 2 is 2.00 bits per heavy atom. The second-order valence-corrected chi connectivity index (χ2v) is 10.4. The molecule has 0 radical (unpaired) electrons. The molecule has 1 saturated carbocycles. The largest absolute Gasteiger partial charge is 0.382 e. The Bertz CT molecular complexity index is 1180. The number of pyridine rings is 1. The molecule has 3 aromatic heterocycles. The molecule has 4 rings (SSSR count). The van der Waals surface area contributed by atoms with Crippen molar-refractivity contribution in [1.29, 1.82) is 0 Å². The van der Waals surface area contributed by atoms with Gasteiger partial charge >= 0.3 is 0 Å². The number of nitrogens with zero attached hydrogens (tertiary/aromatic N) is 4. The van der Waals surface area contributed by atoms with E-state index in [1.165, 1.54) is 16.9 Å². The summed E-state index contributed by atoms with van der Waals surface area (Å²) in [6, 6.07) is 7.32. The van der Waals surface area contributed by atoms with Crippen molar-refractivity contribution in [3.8, 4) is 11.4 Å². The van der Waals surface area contributed by atoms with Crippen molar-refractivity contribution in [1.82, 2.24) is 25.1 Å². The number of methoxy groups -OCH3 is 1. The normalized spacial score (nSPS) is 14.4. The van der Waals surface area contributed by atoms with Crippen molar-refractivity contribution >= 4 is 22.4 Å². The van der Waals surface area contributed by atoms with Gasteiger partial charge in [0, 0.05) is 30.1 Å². The molecule has 0 saturated heterocycles. The first-order valence-corrected chi connectivity index (χ1v) is 12.4. The Labute approximate surface area is 204 Å². The number of aromatic nitrogens is 4. The number of ether oxygens (including phenoxy) is 1. The summed E-state index contributed by atoms with van der Waals surface area (Å²) < 4.78 is 7.28. The van der Waals surface area contributed by atoms with Crippen LogP contribution in [-0.4, -0.2) is 45.4 Å². The maximum Gasteiger partial charge on any atom is 0.272 e. The van der Waals surface area contributed by atoms with Gasteiger partial charge in [0.15, 0.2) is 5.13 Å². The van der Waals surface area contributed by atoms with Crippen LogP contribution in [0.5, 0.6) is 0 Å². The van der Waals surface area contributed by atoms with Gasteiger partial charge in [-0.25, -0.2) is 4.98 Å². The molecule has 1 aliphatic rings. The molecular formula is C25H32N6O2S. The number of carbonyl (C=O) groups is 1. The zero-order valence-corrected chi connectivity index (χ0v) is 21.2. The van der Waals surface area contributed by atoms with Crippen LogP contribution >= 0.6 is 11.3 Å². The van der Waals surface area contributed by atoms with Crippen LogP contribution < -0.4 is 10.6 Å². The topological polar surface area (TPSA) is 94.0 Å². The molecule has 3 aromatic rings. The molecular weight excluding hydrogens is 448 g/mol. The van der Waals surface area contributed by atoms with Crippen LogP contribution in [-0.2, 0) is 10.3 Å². The van der Waals surface area contributed by atoms with Crippen molar-refractivity contribution in [2.24, 2.45) is 0 Å². The minimum atomic E-state index is -0.336. The van der Waals surface area contributed by atoms with E-state index >= 15 is 0 Å². The quantitative estimate of drug-likeness (QED) is 0.483. The Kier molecular flexibility index (Phi) is 7.13. The van der Waals surface area contributed by atoms with E-state index in [1.807, 2.05) is 57.5 Å². The van der Waals surface area contributed by atoms with Crippen molar-refractivity contribution in [2.45, 2.75) is 58.5 Å². The molecule has 1 fully saturated rings. The summed E-state index contributed by atoms with van der Waals surface area (Å²) >= 11 is 1.52. The smallest absolute Gasteiger partial charge is 0.272 e. The summed E-state index contributed by atoms with van der Waals surface area (Å²) in [6.45, 7) is 8.46. The fourth-order valence-electron chi connectivity index (χ4n) is 3.71. The highest BCUT2D eigenvalue weighted by molar-refractivity contribution is 7.14. The van der Waals surface area contributed by atoms with E-state index < -0.39 is 0 Å². The van der Waals surface area contributed by atoms with E-state index in [1.54, 1.807) is 17.9 Å². The number of aryl methyl sites for hydroxylation is 1. The van der Waals surface area contributed by atoms with Gasteiger partial charge in [0.1, 0.15) is 11.4 Å². The summed E-state index contributed by atoms with van der Waals surface area (Å²) in [5.41, 5.74) is 5.06. The molecule has 2 N–H and O–H groups in total. The maximum absolute atomic E-state index is 13.1. The first-order valence-electron chi connectivity index (χ1n) is 11.5. The maximum atomic E-state index is 13.1. The number of hydrogen-bond acceptors (Lipinski definition) is 7. The average Bonchev–Trinajstić information content (AvgIpc) is 3.41. The average molecular weight is 481 g/mol.